The van der Waals surface area contributed by atoms with Crippen molar-refractivity contribution in [1.82, 2.24) is 4.90 Å². The summed E-state index contributed by atoms with van der Waals surface area (Å²) in [6.45, 7) is 7.50. The maximum absolute atomic E-state index is 12.7. The van der Waals surface area contributed by atoms with Crippen LogP contribution in [0.1, 0.15) is 42.6 Å². The molecule has 1 aliphatic heterocycles. The quantitative estimate of drug-likeness (QED) is 0.851. The Labute approximate surface area is 160 Å². The van der Waals surface area contributed by atoms with E-state index < -0.39 is 10.0 Å². The molecule has 1 N–H and O–H groups in total. The zero-order valence-corrected chi connectivity index (χ0v) is 16.5. The zero-order valence-electron chi connectivity index (χ0n) is 15.7. The molecule has 3 rings (SSSR count). The number of amides is 1. The monoisotopic (exact) mass is 388 g/mol. The first-order chi connectivity index (χ1) is 12.8. The first-order valence-corrected chi connectivity index (χ1v) is 10.5. The molecule has 0 spiro atoms. The average molecular weight is 388 g/mol. The van der Waals surface area contributed by atoms with Gasteiger partial charge in [0, 0.05) is 12.2 Å². The molecule has 1 heterocycles. The Bertz CT molecular complexity index is 937. The molecule has 144 valence electrons. The zero-order chi connectivity index (χ0) is 19.6. The van der Waals surface area contributed by atoms with E-state index in [1.54, 1.807) is 29.2 Å². The number of rotatable bonds is 5. The van der Waals surface area contributed by atoms with Gasteiger partial charge in [0.15, 0.2) is 0 Å². The van der Waals surface area contributed by atoms with Crippen LogP contribution >= 0.6 is 0 Å². The molecular formula is C20H24N2O4S. The minimum absolute atomic E-state index is 0.160. The lowest BCUT2D eigenvalue weighted by atomic mass is 10.0. The molecule has 0 fully saturated rings. The van der Waals surface area contributed by atoms with E-state index >= 15 is 0 Å². The molecule has 0 bridgehead atoms. The number of fused-ring (bicyclic) bond motifs is 1. The van der Waals surface area contributed by atoms with Gasteiger partial charge in [-0.3, -0.25) is 9.52 Å². The van der Waals surface area contributed by atoms with Crippen LogP contribution in [0.2, 0.25) is 0 Å². The molecular weight excluding hydrogens is 364 g/mol. The Morgan fingerprint density at radius 1 is 1.15 bits per heavy atom. The number of carbonyl (C=O) groups is 1. The molecule has 0 atom stereocenters. The van der Waals surface area contributed by atoms with Gasteiger partial charge in [-0.25, -0.2) is 8.42 Å². The van der Waals surface area contributed by atoms with Crippen molar-refractivity contribution in [3.8, 4) is 5.75 Å². The molecule has 0 saturated carbocycles. The van der Waals surface area contributed by atoms with Crippen LogP contribution in [0.15, 0.2) is 47.4 Å². The van der Waals surface area contributed by atoms with Gasteiger partial charge in [-0.2, -0.15) is 0 Å². The summed E-state index contributed by atoms with van der Waals surface area (Å²) in [6.07, 6.45) is 0. The molecule has 0 aliphatic carbocycles. The Balaban J connectivity index is 1.88. The van der Waals surface area contributed by atoms with Crippen molar-refractivity contribution < 1.29 is 17.9 Å². The number of benzene rings is 2. The number of ether oxygens (including phenoxy) is 1. The van der Waals surface area contributed by atoms with Crippen LogP contribution in [0, 0.1) is 0 Å². The number of nitrogens with one attached hydrogen (secondary N) is 1. The van der Waals surface area contributed by atoms with Crippen LogP contribution in [0.5, 0.6) is 5.75 Å². The first-order valence-electron chi connectivity index (χ1n) is 9.00. The average Bonchev–Trinajstić information content (AvgIpc) is 2.80. The van der Waals surface area contributed by atoms with Gasteiger partial charge in [-0.05, 0) is 48.7 Å². The summed E-state index contributed by atoms with van der Waals surface area (Å²) in [4.78, 5) is 14.5. The van der Waals surface area contributed by atoms with Gasteiger partial charge in [-0.15, -0.1) is 0 Å². The largest absolute Gasteiger partial charge is 0.491 e. The Hall–Kier alpha value is -2.54. The molecule has 0 saturated heterocycles. The van der Waals surface area contributed by atoms with E-state index in [-0.39, 0.29) is 10.8 Å². The van der Waals surface area contributed by atoms with Crippen LogP contribution in [-0.4, -0.2) is 38.9 Å². The first kappa shape index (κ1) is 19.2. The van der Waals surface area contributed by atoms with Gasteiger partial charge in [0.25, 0.3) is 15.9 Å². The minimum atomic E-state index is -3.74. The topological polar surface area (TPSA) is 75.7 Å². The number of hydrogen-bond donors (Lipinski definition) is 1. The van der Waals surface area contributed by atoms with Gasteiger partial charge in [0.05, 0.1) is 17.0 Å². The van der Waals surface area contributed by atoms with Crippen molar-refractivity contribution in [2.24, 2.45) is 0 Å². The van der Waals surface area contributed by atoms with E-state index in [2.05, 4.69) is 18.6 Å². The number of hydrogen-bond acceptors (Lipinski definition) is 4. The van der Waals surface area contributed by atoms with Gasteiger partial charge < -0.3 is 9.64 Å². The predicted octanol–water partition coefficient (Wildman–Crippen LogP) is 3.47. The predicted molar refractivity (Wildman–Crippen MR) is 105 cm³/mol. The van der Waals surface area contributed by atoms with E-state index in [4.69, 9.17) is 4.74 Å². The smallest absolute Gasteiger partial charge is 0.261 e. The third-order valence-corrected chi connectivity index (χ3v) is 6.00. The number of sulfonamides is 1. The van der Waals surface area contributed by atoms with Gasteiger partial charge in [0.1, 0.15) is 12.4 Å². The van der Waals surface area contributed by atoms with E-state index in [1.165, 1.54) is 6.07 Å². The maximum Gasteiger partial charge on any atom is 0.261 e. The molecule has 1 aliphatic rings. The van der Waals surface area contributed by atoms with Crippen molar-refractivity contribution in [2.45, 2.75) is 31.6 Å². The van der Waals surface area contributed by atoms with Crippen molar-refractivity contribution in [2.75, 3.05) is 24.4 Å². The second-order valence-electron chi connectivity index (χ2n) is 6.77. The van der Waals surface area contributed by atoms with Crippen molar-refractivity contribution in [1.29, 1.82) is 0 Å². The second-order valence-corrected chi connectivity index (χ2v) is 8.46. The molecule has 1 amide bonds. The highest BCUT2D eigenvalue weighted by atomic mass is 32.2. The number of nitrogens with zero attached hydrogens (tertiary/aromatic N) is 1. The SMILES string of the molecule is CCN1CCOc2ccc(NS(=O)(=O)c3ccc(C(C)C)cc3)cc2C1=O. The summed E-state index contributed by atoms with van der Waals surface area (Å²) in [5, 5.41) is 0. The molecule has 2 aromatic rings. The lowest BCUT2D eigenvalue weighted by Gasteiger charge is -2.17. The number of likely N-dealkylation sites (N-methyl/N-ethyl adjacent to an activating group) is 1. The highest BCUT2D eigenvalue weighted by Gasteiger charge is 2.24. The van der Waals surface area contributed by atoms with Crippen LogP contribution < -0.4 is 9.46 Å². The third kappa shape index (κ3) is 4.08. The van der Waals surface area contributed by atoms with Gasteiger partial charge in [-0.1, -0.05) is 26.0 Å². The lowest BCUT2D eigenvalue weighted by molar-refractivity contribution is 0.0765. The lowest BCUT2D eigenvalue weighted by Crippen LogP contribution is -2.32. The Morgan fingerprint density at radius 2 is 1.85 bits per heavy atom. The van der Waals surface area contributed by atoms with Crippen molar-refractivity contribution in [3.05, 3.63) is 53.6 Å². The second kappa shape index (κ2) is 7.60. The maximum atomic E-state index is 12.7. The summed E-state index contributed by atoms with van der Waals surface area (Å²) < 4.78 is 33.5. The standard InChI is InChI=1S/C20H24N2O4S/c1-4-22-11-12-26-19-10-7-16(13-18(19)20(22)23)21-27(24,25)17-8-5-15(6-9-17)14(2)3/h5-10,13-14,21H,4,11-12H2,1-3H3. The van der Waals surface area contributed by atoms with E-state index in [0.717, 1.165) is 5.56 Å². The van der Waals surface area contributed by atoms with Crippen molar-refractivity contribution in [3.63, 3.8) is 0 Å². The molecule has 6 nitrogen and oxygen atoms in total. The van der Waals surface area contributed by atoms with Gasteiger partial charge in [0.2, 0.25) is 0 Å². The van der Waals surface area contributed by atoms with E-state index in [1.807, 2.05) is 19.1 Å². The molecule has 0 radical (unpaired) electrons. The van der Waals surface area contributed by atoms with Gasteiger partial charge >= 0.3 is 0 Å². The van der Waals surface area contributed by atoms with Crippen LogP contribution in [0.25, 0.3) is 0 Å². The third-order valence-electron chi connectivity index (χ3n) is 4.61. The Morgan fingerprint density at radius 3 is 2.48 bits per heavy atom. The highest BCUT2D eigenvalue weighted by Crippen LogP contribution is 2.28. The van der Waals surface area contributed by atoms with Crippen LogP contribution in [0.3, 0.4) is 0 Å². The summed E-state index contributed by atoms with van der Waals surface area (Å²) in [7, 11) is -3.74. The van der Waals surface area contributed by atoms with Crippen LogP contribution in [-0.2, 0) is 10.0 Å². The fourth-order valence-electron chi connectivity index (χ4n) is 2.97. The summed E-state index contributed by atoms with van der Waals surface area (Å²) in [5.74, 6) is 0.638. The van der Waals surface area contributed by atoms with Crippen LogP contribution in [0.4, 0.5) is 5.69 Å². The summed E-state index contributed by atoms with van der Waals surface area (Å²) >= 11 is 0. The molecule has 2 aromatic carbocycles. The highest BCUT2D eigenvalue weighted by molar-refractivity contribution is 7.92. The fraction of sp³-hybridized carbons (Fsp3) is 0.350. The number of carbonyl (C=O) groups excluding carboxylic acids is 1. The molecule has 0 aromatic heterocycles. The number of anilines is 1. The molecule has 27 heavy (non-hydrogen) atoms. The molecule has 7 heteroatoms. The minimum Gasteiger partial charge on any atom is -0.491 e. The Kier molecular flexibility index (Phi) is 5.41. The summed E-state index contributed by atoms with van der Waals surface area (Å²) in [6, 6.07) is 11.6. The van der Waals surface area contributed by atoms with E-state index in [9.17, 15) is 13.2 Å². The van der Waals surface area contributed by atoms with Crippen molar-refractivity contribution >= 4 is 21.6 Å². The normalized spacial score (nSPS) is 14.5. The fourth-order valence-corrected chi connectivity index (χ4v) is 4.02. The van der Waals surface area contributed by atoms with E-state index in [0.29, 0.717) is 42.6 Å². The summed E-state index contributed by atoms with van der Waals surface area (Å²) in [5.41, 5.74) is 1.77. The molecule has 0 unspecified atom stereocenters.